The van der Waals surface area contributed by atoms with Crippen molar-refractivity contribution in [3.8, 4) is 5.75 Å². The summed E-state index contributed by atoms with van der Waals surface area (Å²) < 4.78 is 5.55. The molecule has 0 aliphatic rings. The van der Waals surface area contributed by atoms with Gasteiger partial charge in [0.2, 0.25) is 0 Å². The van der Waals surface area contributed by atoms with Gasteiger partial charge in [0, 0.05) is 5.69 Å². The first-order valence-corrected chi connectivity index (χ1v) is 6.28. The fourth-order valence-electron chi connectivity index (χ4n) is 1.42. The van der Waals surface area contributed by atoms with Crippen LogP contribution in [0.25, 0.3) is 0 Å². The monoisotopic (exact) mass is 261 g/mol. The quantitative estimate of drug-likeness (QED) is 0.603. The standard InChI is InChI=1S/C12H17Cl2NO/c1-2-3-4-5-6-16-12-10(13)7-9(15)8-11(12)14/h7-8H,2-6,15H2,1H3. The first-order chi connectivity index (χ1) is 7.65. The number of nitrogen functional groups attached to an aromatic ring is 1. The molecule has 1 aromatic carbocycles. The molecule has 0 saturated heterocycles. The summed E-state index contributed by atoms with van der Waals surface area (Å²) in [4.78, 5) is 0. The van der Waals surface area contributed by atoms with E-state index in [0.717, 1.165) is 6.42 Å². The van der Waals surface area contributed by atoms with E-state index >= 15 is 0 Å². The molecule has 90 valence electrons. The molecule has 2 nitrogen and oxygen atoms in total. The highest BCUT2D eigenvalue weighted by Gasteiger charge is 2.08. The lowest BCUT2D eigenvalue weighted by Crippen LogP contribution is -1.99. The Hall–Kier alpha value is -0.600. The molecule has 0 fully saturated rings. The molecular formula is C12H17Cl2NO. The second-order valence-electron chi connectivity index (χ2n) is 3.72. The molecule has 0 radical (unpaired) electrons. The minimum absolute atomic E-state index is 0.473. The summed E-state index contributed by atoms with van der Waals surface area (Å²) in [6, 6.07) is 3.30. The van der Waals surface area contributed by atoms with Crippen molar-refractivity contribution in [3.63, 3.8) is 0 Å². The predicted octanol–water partition coefficient (Wildman–Crippen LogP) is 4.53. The van der Waals surface area contributed by atoms with E-state index in [1.54, 1.807) is 12.1 Å². The fourth-order valence-corrected chi connectivity index (χ4v) is 2.03. The van der Waals surface area contributed by atoms with E-state index in [9.17, 15) is 0 Å². The third-order valence-corrected chi connectivity index (χ3v) is 2.83. The SMILES string of the molecule is CCCCCCOc1c(Cl)cc(N)cc1Cl. The lowest BCUT2D eigenvalue weighted by atomic mass is 10.2. The molecule has 4 heteroatoms. The van der Waals surface area contributed by atoms with E-state index in [4.69, 9.17) is 33.7 Å². The summed E-state index contributed by atoms with van der Waals surface area (Å²) in [6.07, 6.45) is 4.63. The van der Waals surface area contributed by atoms with Gasteiger partial charge < -0.3 is 10.5 Å². The van der Waals surface area contributed by atoms with Crippen LogP contribution >= 0.6 is 23.2 Å². The zero-order valence-corrected chi connectivity index (χ0v) is 10.9. The minimum Gasteiger partial charge on any atom is -0.490 e. The van der Waals surface area contributed by atoms with Crippen LogP contribution in [0.15, 0.2) is 12.1 Å². The Labute approximate surface area is 107 Å². The summed E-state index contributed by atoms with van der Waals surface area (Å²) >= 11 is 12.0. The fraction of sp³-hybridized carbons (Fsp3) is 0.500. The highest BCUT2D eigenvalue weighted by molar-refractivity contribution is 6.37. The molecule has 0 aliphatic heterocycles. The highest BCUT2D eigenvalue weighted by atomic mass is 35.5. The average Bonchev–Trinajstić information content (AvgIpc) is 2.20. The first kappa shape index (κ1) is 13.5. The maximum absolute atomic E-state index is 5.99. The van der Waals surface area contributed by atoms with Gasteiger partial charge in [0.25, 0.3) is 0 Å². The number of hydrogen-bond donors (Lipinski definition) is 1. The van der Waals surface area contributed by atoms with Gasteiger partial charge in [-0.3, -0.25) is 0 Å². The molecule has 0 amide bonds. The van der Waals surface area contributed by atoms with Crippen LogP contribution in [0, 0.1) is 0 Å². The molecular weight excluding hydrogens is 245 g/mol. The van der Waals surface area contributed by atoms with Crippen molar-refractivity contribution < 1.29 is 4.74 Å². The topological polar surface area (TPSA) is 35.2 Å². The van der Waals surface area contributed by atoms with Crippen LogP contribution in [0.1, 0.15) is 32.6 Å². The number of benzene rings is 1. The number of ether oxygens (including phenoxy) is 1. The molecule has 0 unspecified atom stereocenters. The predicted molar refractivity (Wildman–Crippen MR) is 70.5 cm³/mol. The van der Waals surface area contributed by atoms with Crippen molar-refractivity contribution in [2.45, 2.75) is 32.6 Å². The zero-order chi connectivity index (χ0) is 12.0. The third-order valence-electron chi connectivity index (χ3n) is 2.26. The van der Waals surface area contributed by atoms with Gasteiger partial charge in [-0.1, -0.05) is 49.4 Å². The summed E-state index contributed by atoms with van der Waals surface area (Å²) in [5.41, 5.74) is 6.15. The number of unbranched alkanes of at least 4 members (excludes halogenated alkanes) is 3. The van der Waals surface area contributed by atoms with Crippen molar-refractivity contribution in [2.24, 2.45) is 0 Å². The van der Waals surface area contributed by atoms with E-state index < -0.39 is 0 Å². The van der Waals surface area contributed by atoms with Crippen molar-refractivity contribution in [1.82, 2.24) is 0 Å². The molecule has 0 bridgehead atoms. The molecule has 0 aromatic heterocycles. The normalized spacial score (nSPS) is 10.4. The Kier molecular flexibility index (Phi) is 5.78. The zero-order valence-electron chi connectivity index (χ0n) is 9.43. The molecule has 16 heavy (non-hydrogen) atoms. The van der Waals surface area contributed by atoms with Crippen molar-refractivity contribution in [3.05, 3.63) is 22.2 Å². The Morgan fingerprint density at radius 1 is 1.12 bits per heavy atom. The van der Waals surface area contributed by atoms with Gasteiger partial charge >= 0.3 is 0 Å². The van der Waals surface area contributed by atoms with Crippen molar-refractivity contribution in [2.75, 3.05) is 12.3 Å². The Morgan fingerprint density at radius 2 is 1.75 bits per heavy atom. The van der Waals surface area contributed by atoms with Crippen LogP contribution in [0.2, 0.25) is 10.0 Å². The number of halogens is 2. The molecule has 0 atom stereocenters. The summed E-state index contributed by atoms with van der Waals surface area (Å²) in [5, 5.41) is 0.945. The largest absolute Gasteiger partial charge is 0.490 e. The third kappa shape index (κ3) is 4.11. The van der Waals surface area contributed by atoms with Crippen LogP contribution < -0.4 is 10.5 Å². The molecule has 1 aromatic rings. The maximum Gasteiger partial charge on any atom is 0.156 e. The average molecular weight is 262 g/mol. The van der Waals surface area contributed by atoms with E-state index in [1.165, 1.54) is 19.3 Å². The van der Waals surface area contributed by atoms with Crippen LogP contribution in [-0.2, 0) is 0 Å². The second kappa shape index (κ2) is 6.87. The minimum atomic E-state index is 0.473. The lowest BCUT2D eigenvalue weighted by Gasteiger charge is -2.10. The maximum atomic E-state index is 5.99. The molecule has 0 aliphatic carbocycles. The molecule has 0 heterocycles. The van der Waals surface area contributed by atoms with Crippen LogP contribution in [-0.4, -0.2) is 6.61 Å². The number of anilines is 1. The Bertz CT molecular complexity index is 319. The van der Waals surface area contributed by atoms with E-state index in [1.807, 2.05) is 0 Å². The van der Waals surface area contributed by atoms with Gasteiger partial charge in [-0.2, -0.15) is 0 Å². The number of rotatable bonds is 6. The summed E-state index contributed by atoms with van der Waals surface area (Å²) in [5.74, 6) is 0.536. The van der Waals surface area contributed by atoms with Crippen LogP contribution in [0.5, 0.6) is 5.75 Å². The van der Waals surface area contributed by atoms with Crippen molar-refractivity contribution in [1.29, 1.82) is 0 Å². The smallest absolute Gasteiger partial charge is 0.156 e. The van der Waals surface area contributed by atoms with Crippen molar-refractivity contribution >= 4 is 28.9 Å². The van der Waals surface area contributed by atoms with Gasteiger partial charge in [-0.25, -0.2) is 0 Å². The summed E-state index contributed by atoms with van der Waals surface area (Å²) in [7, 11) is 0. The van der Waals surface area contributed by atoms with Gasteiger partial charge in [-0.15, -0.1) is 0 Å². The lowest BCUT2D eigenvalue weighted by molar-refractivity contribution is 0.305. The van der Waals surface area contributed by atoms with E-state index in [2.05, 4.69) is 6.92 Å². The van der Waals surface area contributed by atoms with E-state index in [-0.39, 0.29) is 0 Å². The van der Waals surface area contributed by atoms with Gasteiger partial charge in [0.05, 0.1) is 16.7 Å². The van der Waals surface area contributed by atoms with Gasteiger partial charge in [0.15, 0.2) is 5.75 Å². The molecule has 0 saturated carbocycles. The molecule has 2 N–H and O–H groups in total. The number of nitrogens with two attached hydrogens (primary N) is 1. The van der Waals surface area contributed by atoms with Gasteiger partial charge in [0.1, 0.15) is 0 Å². The molecule has 0 spiro atoms. The van der Waals surface area contributed by atoms with Gasteiger partial charge in [-0.05, 0) is 18.6 Å². The second-order valence-corrected chi connectivity index (χ2v) is 4.54. The molecule has 1 rings (SSSR count). The van der Waals surface area contributed by atoms with Crippen LogP contribution in [0.3, 0.4) is 0 Å². The Morgan fingerprint density at radius 3 is 2.31 bits per heavy atom. The number of hydrogen-bond acceptors (Lipinski definition) is 2. The summed E-state index contributed by atoms with van der Waals surface area (Å²) in [6.45, 7) is 2.82. The highest BCUT2D eigenvalue weighted by Crippen LogP contribution is 2.35. The van der Waals surface area contributed by atoms with Crippen LogP contribution in [0.4, 0.5) is 5.69 Å². The van der Waals surface area contributed by atoms with E-state index in [0.29, 0.717) is 28.1 Å². The first-order valence-electron chi connectivity index (χ1n) is 5.52. The Balaban J connectivity index is 2.47.